The molecular weight excluding hydrogens is 374 g/mol. The van der Waals surface area contributed by atoms with E-state index in [1.54, 1.807) is 17.5 Å². The van der Waals surface area contributed by atoms with Crippen LogP contribution in [0.4, 0.5) is 0 Å². The number of morpholine rings is 1. The highest BCUT2D eigenvalue weighted by Crippen LogP contribution is 2.43. The zero-order valence-electron chi connectivity index (χ0n) is 15.9. The number of ether oxygens (including phenoxy) is 2. The summed E-state index contributed by atoms with van der Waals surface area (Å²) in [7, 11) is 0. The first-order valence-corrected chi connectivity index (χ1v) is 10.9. The van der Waals surface area contributed by atoms with Crippen molar-refractivity contribution in [1.82, 2.24) is 15.2 Å². The van der Waals surface area contributed by atoms with Gasteiger partial charge in [-0.3, -0.25) is 9.78 Å². The number of carbonyl (C=O) groups is 1. The van der Waals surface area contributed by atoms with Gasteiger partial charge in [0.25, 0.3) is 5.91 Å². The summed E-state index contributed by atoms with van der Waals surface area (Å²) in [5.41, 5.74) is 1.94. The predicted molar refractivity (Wildman–Crippen MR) is 107 cm³/mol. The summed E-state index contributed by atoms with van der Waals surface area (Å²) in [5, 5.41) is 3.42. The molecule has 3 aliphatic heterocycles. The monoisotopic (exact) mass is 399 g/mol. The smallest absolute Gasteiger partial charge is 0.264 e. The van der Waals surface area contributed by atoms with Gasteiger partial charge in [-0.15, -0.1) is 11.3 Å². The summed E-state index contributed by atoms with van der Waals surface area (Å²) in [6, 6.07) is 7.92. The molecule has 2 saturated heterocycles. The molecule has 3 aliphatic rings. The normalized spacial score (nSPS) is 24.1. The van der Waals surface area contributed by atoms with Crippen molar-refractivity contribution in [2.75, 3.05) is 39.4 Å². The summed E-state index contributed by atoms with van der Waals surface area (Å²) < 4.78 is 12.1. The van der Waals surface area contributed by atoms with Gasteiger partial charge in [-0.25, -0.2) is 0 Å². The van der Waals surface area contributed by atoms with E-state index < -0.39 is 0 Å². The highest BCUT2D eigenvalue weighted by atomic mass is 32.1. The Kier molecular flexibility index (Phi) is 4.92. The Morgan fingerprint density at radius 3 is 3.00 bits per heavy atom. The summed E-state index contributed by atoms with van der Waals surface area (Å²) in [5.74, 6) is 0.104. The standard InChI is InChI=1S/C21H25N3O3S/c25-20(24-10-12-26-17(14-24)16-3-1-2-7-23-16)19-13-15-18(28-19)4-11-27-21(15)5-8-22-9-6-21/h1-3,7,13,17,22H,4-6,8-12,14H2. The highest BCUT2D eigenvalue weighted by molar-refractivity contribution is 7.14. The lowest BCUT2D eigenvalue weighted by atomic mass is 9.83. The molecule has 1 unspecified atom stereocenters. The number of fused-ring (bicyclic) bond motifs is 2. The molecule has 28 heavy (non-hydrogen) atoms. The van der Waals surface area contributed by atoms with Gasteiger partial charge < -0.3 is 19.7 Å². The van der Waals surface area contributed by atoms with Crippen LogP contribution in [0.3, 0.4) is 0 Å². The fourth-order valence-corrected chi connectivity index (χ4v) is 5.70. The fourth-order valence-electron chi connectivity index (χ4n) is 4.50. The van der Waals surface area contributed by atoms with Crippen LogP contribution < -0.4 is 5.32 Å². The van der Waals surface area contributed by atoms with Gasteiger partial charge in [-0.05, 0) is 49.7 Å². The van der Waals surface area contributed by atoms with Crippen LogP contribution in [0.1, 0.15) is 44.8 Å². The molecule has 1 spiro atoms. The maximum absolute atomic E-state index is 13.3. The van der Waals surface area contributed by atoms with E-state index in [-0.39, 0.29) is 17.6 Å². The molecule has 6 nitrogen and oxygen atoms in total. The van der Waals surface area contributed by atoms with Gasteiger partial charge in [0.15, 0.2) is 0 Å². The molecule has 2 aromatic rings. The molecule has 0 bridgehead atoms. The third-order valence-corrected chi connectivity index (χ3v) is 7.18. The third-order valence-electron chi connectivity index (χ3n) is 6.00. The van der Waals surface area contributed by atoms with Crippen molar-refractivity contribution in [3.8, 4) is 0 Å². The van der Waals surface area contributed by atoms with Gasteiger partial charge in [0.2, 0.25) is 0 Å². The Hall–Kier alpha value is -1.80. The Bertz CT molecular complexity index is 848. The Balaban J connectivity index is 1.37. The van der Waals surface area contributed by atoms with E-state index in [2.05, 4.69) is 16.4 Å². The van der Waals surface area contributed by atoms with Crippen LogP contribution in [0, 0.1) is 0 Å². The molecule has 1 atom stereocenters. The topological polar surface area (TPSA) is 63.7 Å². The minimum Gasteiger partial charge on any atom is -0.370 e. The van der Waals surface area contributed by atoms with Gasteiger partial charge in [-0.1, -0.05) is 6.07 Å². The number of carbonyl (C=O) groups excluding carboxylic acids is 1. The Morgan fingerprint density at radius 2 is 2.18 bits per heavy atom. The van der Waals surface area contributed by atoms with Crippen molar-refractivity contribution in [3.63, 3.8) is 0 Å². The molecule has 148 valence electrons. The van der Waals surface area contributed by atoms with E-state index in [4.69, 9.17) is 9.47 Å². The zero-order chi connectivity index (χ0) is 19.0. The molecule has 2 aromatic heterocycles. The third kappa shape index (κ3) is 3.26. The van der Waals surface area contributed by atoms with Crippen LogP contribution in [0.15, 0.2) is 30.5 Å². The van der Waals surface area contributed by atoms with Crippen LogP contribution in [0.5, 0.6) is 0 Å². The van der Waals surface area contributed by atoms with Crippen LogP contribution in [0.25, 0.3) is 0 Å². The second-order valence-electron chi connectivity index (χ2n) is 7.66. The summed E-state index contributed by atoms with van der Waals surface area (Å²) in [6.07, 6.45) is 4.47. The van der Waals surface area contributed by atoms with E-state index in [1.165, 1.54) is 10.4 Å². The lowest BCUT2D eigenvalue weighted by Gasteiger charge is -2.40. The van der Waals surface area contributed by atoms with E-state index in [9.17, 15) is 4.79 Å². The van der Waals surface area contributed by atoms with Gasteiger partial charge in [0, 0.05) is 24.0 Å². The average Bonchev–Trinajstić information content (AvgIpc) is 3.21. The number of thiophene rings is 1. The molecule has 1 amide bonds. The number of hydrogen-bond donors (Lipinski definition) is 1. The van der Waals surface area contributed by atoms with Gasteiger partial charge in [-0.2, -0.15) is 0 Å². The fraction of sp³-hybridized carbons (Fsp3) is 0.524. The number of nitrogens with zero attached hydrogens (tertiary/aromatic N) is 2. The Labute approximate surface area is 168 Å². The molecule has 0 saturated carbocycles. The molecule has 0 aromatic carbocycles. The Morgan fingerprint density at radius 1 is 1.29 bits per heavy atom. The van der Waals surface area contributed by atoms with Gasteiger partial charge in [0.05, 0.1) is 35.9 Å². The molecule has 0 radical (unpaired) electrons. The number of rotatable bonds is 2. The number of piperidine rings is 1. The van der Waals surface area contributed by atoms with Crippen molar-refractivity contribution < 1.29 is 14.3 Å². The van der Waals surface area contributed by atoms with Gasteiger partial charge in [0.1, 0.15) is 6.10 Å². The number of aromatic nitrogens is 1. The van der Waals surface area contributed by atoms with E-state index in [1.807, 2.05) is 23.1 Å². The van der Waals surface area contributed by atoms with Crippen LogP contribution >= 0.6 is 11.3 Å². The molecule has 5 heterocycles. The second kappa shape index (κ2) is 7.55. The van der Waals surface area contributed by atoms with Crippen LogP contribution in [-0.2, 0) is 21.5 Å². The average molecular weight is 400 g/mol. The number of pyridine rings is 1. The largest absolute Gasteiger partial charge is 0.370 e. The molecule has 1 N–H and O–H groups in total. The van der Waals surface area contributed by atoms with Crippen molar-refractivity contribution in [2.24, 2.45) is 0 Å². The minimum atomic E-state index is -0.199. The summed E-state index contributed by atoms with van der Waals surface area (Å²) in [4.78, 5) is 21.7. The molecule has 5 rings (SSSR count). The lowest BCUT2D eigenvalue weighted by molar-refractivity contribution is -0.0792. The van der Waals surface area contributed by atoms with Crippen molar-refractivity contribution in [1.29, 1.82) is 0 Å². The SMILES string of the molecule is O=C(c1cc2c(s1)CCOC21CCNCC1)N1CCOC(c2ccccn2)C1. The van der Waals surface area contributed by atoms with Crippen LogP contribution in [0.2, 0.25) is 0 Å². The number of nitrogens with one attached hydrogen (secondary N) is 1. The summed E-state index contributed by atoms with van der Waals surface area (Å²) >= 11 is 1.65. The molecular formula is C21H25N3O3S. The first-order chi connectivity index (χ1) is 13.8. The predicted octanol–water partition coefficient (Wildman–Crippen LogP) is 2.51. The van der Waals surface area contributed by atoms with E-state index in [0.717, 1.165) is 49.5 Å². The lowest BCUT2D eigenvalue weighted by Crippen LogP contribution is -2.44. The van der Waals surface area contributed by atoms with Crippen molar-refractivity contribution in [3.05, 3.63) is 51.5 Å². The van der Waals surface area contributed by atoms with E-state index >= 15 is 0 Å². The minimum absolute atomic E-state index is 0.104. The highest BCUT2D eigenvalue weighted by Gasteiger charge is 2.41. The van der Waals surface area contributed by atoms with Crippen molar-refractivity contribution >= 4 is 17.2 Å². The number of amides is 1. The first-order valence-electron chi connectivity index (χ1n) is 10.0. The molecule has 0 aliphatic carbocycles. The zero-order valence-corrected chi connectivity index (χ0v) is 16.7. The molecule has 2 fully saturated rings. The second-order valence-corrected chi connectivity index (χ2v) is 8.79. The maximum Gasteiger partial charge on any atom is 0.264 e. The first kappa shape index (κ1) is 18.2. The molecule has 7 heteroatoms. The quantitative estimate of drug-likeness (QED) is 0.841. The van der Waals surface area contributed by atoms with E-state index in [0.29, 0.717) is 19.7 Å². The number of hydrogen-bond acceptors (Lipinski definition) is 6. The van der Waals surface area contributed by atoms with Gasteiger partial charge >= 0.3 is 0 Å². The summed E-state index contributed by atoms with van der Waals surface area (Å²) in [6.45, 7) is 4.39. The van der Waals surface area contributed by atoms with Crippen molar-refractivity contribution in [2.45, 2.75) is 31.0 Å². The van der Waals surface area contributed by atoms with Crippen LogP contribution in [-0.4, -0.2) is 55.2 Å². The maximum atomic E-state index is 13.3.